The van der Waals surface area contributed by atoms with Crippen LogP contribution in [0.4, 0.5) is 11.4 Å². The lowest BCUT2D eigenvalue weighted by molar-refractivity contribution is -0.128. The molecular formula is C42H52N2O6. The van der Waals surface area contributed by atoms with Gasteiger partial charge in [0.2, 0.25) is 0 Å². The van der Waals surface area contributed by atoms with Crippen LogP contribution >= 0.6 is 0 Å². The lowest BCUT2D eigenvalue weighted by Crippen LogP contribution is -2.07. The molecule has 8 nitrogen and oxygen atoms in total. The van der Waals surface area contributed by atoms with Gasteiger partial charge in [-0.2, -0.15) is 0 Å². The number of carboxylic acid groups (broad SMARTS) is 1. The number of esters is 1. The molecule has 0 spiro atoms. The molecule has 0 saturated heterocycles. The third-order valence-corrected chi connectivity index (χ3v) is 8.69. The number of carbonyl (C=O) groups is 2. The molecule has 0 aliphatic heterocycles. The van der Waals surface area contributed by atoms with Gasteiger partial charge in [-0.1, -0.05) is 89.0 Å². The number of nitrogen functional groups attached to an aromatic ring is 2. The molecule has 0 heterocycles. The molecule has 8 heteroatoms. The van der Waals surface area contributed by atoms with Crippen LogP contribution in [-0.4, -0.2) is 30.3 Å². The van der Waals surface area contributed by atoms with E-state index in [0.29, 0.717) is 42.3 Å². The van der Waals surface area contributed by atoms with E-state index in [-0.39, 0.29) is 5.56 Å². The molecule has 0 radical (unpaired) electrons. The van der Waals surface area contributed by atoms with Gasteiger partial charge in [0.25, 0.3) is 0 Å². The summed E-state index contributed by atoms with van der Waals surface area (Å²) in [7, 11) is 0. The van der Waals surface area contributed by atoms with Gasteiger partial charge < -0.3 is 30.8 Å². The van der Waals surface area contributed by atoms with Crippen molar-refractivity contribution < 1.29 is 28.9 Å². The Morgan fingerprint density at radius 3 is 1.88 bits per heavy atom. The van der Waals surface area contributed by atoms with E-state index in [1.165, 1.54) is 44.2 Å². The van der Waals surface area contributed by atoms with Crippen molar-refractivity contribution in [3.05, 3.63) is 95.6 Å². The van der Waals surface area contributed by atoms with Crippen molar-refractivity contribution in [1.82, 2.24) is 0 Å². The number of anilines is 2. The van der Waals surface area contributed by atoms with Crippen LogP contribution in [0.3, 0.4) is 0 Å². The average molecular weight is 681 g/mol. The number of benzene rings is 4. The number of hydrogen-bond donors (Lipinski definition) is 3. The highest BCUT2D eigenvalue weighted by Gasteiger charge is 2.14. The first kappa shape index (κ1) is 37.8. The molecular weight excluding hydrogens is 628 g/mol. The Labute approximate surface area is 296 Å². The molecule has 4 rings (SSSR count). The molecule has 4 aromatic rings. The van der Waals surface area contributed by atoms with Crippen LogP contribution in [0.5, 0.6) is 17.2 Å². The third-order valence-electron chi connectivity index (χ3n) is 8.69. The number of aromatic carboxylic acids is 1. The first-order valence-electron chi connectivity index (χ1n) is 18.0. The molecule has 0 saturated carbocycles. The second kappa shape index (κ2) is 20.5. The molecule has 5 N–H and O–H groups in total. The van der Waals surface area contributed by atoms with Crippen molar-refractivity contribution in [1.29, 1.82) is 0 Å². The lowest BCUT2D eigenvalue weighted by atomic mass is 9.98. The fourth-order valence-electron chi connectivity index (χ4n) is 5.91. The number of fused-ring (bicyclic) bond motifs is 1. The second-order valence-corrected chi connectivity index (χ2v) is 12.8. The zero-order valence-electron chi connectivity index (χ0n) is 29.3. The highest BCUT2D eigenvalue weighted by Crippen LogP contribution is 2.26. The van der Waals surface area contributed by atoms with Gasteiger partial charge in [0, 0.05) is 17.5 Å². The van der Waals surface area contributed by atoms with Crippen LogP contribution in [0, 0.1) is 0 Å². The van der Waals surface area contributed by atoms with Crippen molar-refractivity contribution in [3.8, 4) is 17.2 Å². The zero-order chi connectivity index (χ0) is 35.6. The summed E-state index contributed by atoms with van der Waals surface area (Å²) in [6.07, 6.45) is 17.2. The topological polar surface area (TPSA) is 134 Å². The second-order valence-electron chi connectivity index (χ2n) is 12.8. The van der Waals surface area contributed by atoms with Gasteiger partial charge in [-0.25, -0.2) is 9.59 Å². The first-order valence-corrected chi connectivity index (χ1v) is 18.0. The first-order chi connectivity index (χ1) is 24.3. The average Bonchev–Trinajstić information content (AvgIpc) is 3.10. The molecule has 0 unspecified atom stereocenters. The van der Waals surface area contributed by atoms with E-state index >= 15 is 0 Å². The highest BCUT2D eigenvalue weighted by atomic mass is 16.5. The molecule has 0 aliphatic carbocycles. The predicted octanol–water partition coefficient (Wildman–Crippen LogP) is 10.0. The number of ether oxygens (including phenoxy) is 3. The van der Waals surface area contributed by atoms with E-state index in [1.54, 1.807) is 18.2 Å². The fraction of sp³-hybridized carbons (Fsp3) is 0.381. The SMILES string of the molecule is CCCCCOc1ccc2cc(OC(=O)/C=C/c3ccc(OCCCCCCCCCCCc4c(N)cc(N)cc4C(=O)O)cc3)ccc2c1. The summed E-state index contributed by atoms with van der Waals surface area (Å²) in [4.78, 5) is 24.0. The Kier molecular flexibility index (Phi) is 15.5. The minimum atomic E-state index is -0.983. The number of rotatable bonds is 22. The molecule has 50 heavy (non-hydrogen) atoms. The van der Waals surface area contributed by atoms with Gasteiger partial charge in [0.1, 0.15) is 17.2 Å². The molecule has 266 valence electrons. The van der Waals surface area contributed by atoms with E-state index in [4.69, 9.17) is 25.7 Å². The van der Waals surface area contributed by atoms with Crippen LogP contribution in [0.25, 0.3) is 16.8 Å². The van der Waals surface area contributed by atoms with Crippen LogP contribution < -0.4 is 25.7 Å². The smallest absolute Gasteiger partial charge is 0.336 e. The van der Waals surface area contributed by atoms with E-state index < -0.39 is 11.9 Å². The predicted molar refractivity (Wildman–Crippen MR) is 203 cm³/mol. The summed E-state index contributed by atoms with van der Waals surface area (Å²) in [6.45, 7) is 3.57. The Morgan fingerprint density at radius 2 is 1.22 bits per heavy atom. The molecule has 0 amide bonds. The maximum Gasteiger partial charge on any atom is 0.336 e. The lowest BCUT2D eigenvalue weighted by Gasteiger charge is -2.11. The summed E-state index contributed by atoms with van der Waals surface area (Å²) in [6, 6.07) is 22.4. The highest BCUT2D eigenvalue weighted by molar-refractivity contribution is 5.93. The van der Waals surface area contributed by atoms with Gasteiger partial charge in [0.15, 0.2) is 0 Å². The van der Waals surface area contributed by atoms with Crippen LogP contribution in [-0.2, 0) is 11.2 Å². The number of hydrogen-bond acceptors (Lipinski definition) is 7. The van der Waals surface area contributed by atoms with Gasteiger partial charge in [-0.05, 0) is 102 Å². The Hall–Kier alpha value is -4.98. The Morgan fingerprint density at radius 1 is 0.660 bits per heavy atom. The maximum absolute atomic E-state index is 12.5. The largest absolute Gasteiger partial charge is 0.494 e. The van der Waals surface area contributed by atoms with Crippen molar-refractivity contribution >= 4 is 40.2 Å². The molecule has 4 aromatic carbocycles. The molecule has 0 aliphatic rings. The number of unbranched alkanes of at least 4 members (excludes halogenated alkanes) is 10. The molecule has 0 aromatic heterocycles. The third kappa shape index (κ3) is 12.8. The van der Waals surface area contributed by atoms with Gasteiger partial charge in [-0.3, -0.25) is 0 Å². The van der Waals surface area contributed by atoms with Crippen molar-refractivity contribution in [3.63, 3.8) is 0 Å². The molecule has 0 bridgehead atoms. The van der Waals surface area contributed by atoms with E-state index in [0.717, 1.165) is 72.8 Å². The monoisotopic (exact) mass is 680 g/mol. The number of carbonyl (C=O) groups excluding carboxylic acids is 1. The molecule has 0 atom stereocenters. The fourth-order valence-corrected chi connectivity index (χ4v) is 5.91. The van der Waals surface area contributed by atoms with E-state index in [2.05, 4.69) is 6.92 Å². The van der Waals surface area contributed by atoms with Gasteiger partial charge in [-0.15, -0.1) is 0 Å². The standard InChI is InChI=1S/C42H52N2O6/c1-2-3-12-25-49-36-22-18-33-28-37(23-19-32(33)27-36)50-41(45)24-17-31-15-20-35(21-16-31)48-26-13-10-8-6-4-5-7-9-11-14-38-39(42(46)47)29-34(43)30-40(38)44/h15-24,27-30H,2-14,25-26,43-44H2,1H3,(H,46,47)/b24-17+. The summed E-state index contributed by atoms with van der Waals surface area (Å²) in [5.74, 6) is 0.745. The minimum Gasteiger partial charge on any atom is -0.494 e. The Balaban J connectivity index is 1.04. The van der Waals surface area contributed by atoms with Crippen molar-refractivity contribution in [2.45, 2.75) is 90.4 Å². The quantitative estimate of drug-likeness (QED) is 0.0245. The zero-order valence-corrected chi connectivity index (χ0v) is 29.3. The number of nitrogens with two attached hydrogens (primary N) is 2. The van der Waals surface area contributed by atoms with E-state index in [1.807, 2.05) is 54.6 Å². The van der Waals surface area contributed by atoms with Crippen LogP contribution in [0.2, 0.25) is 0 Å². The Bertz CT molecular complexity index is 1700. The maximum atomic E-state index is 12.5. The summed E-state index contributed by atoms with van der Waals surface area (Å²) in [5.41, 5.74) is 14.4. The van der Waals surface area contributed by atoms with Gasteiger partial charge >= 0.3 is 11.9 Å². The van der Waals surface area contributed by atoms with Crippen molar-refractivity contribution in [2.24, 2.45) is 0 Å². The minimum absolute atomic E-state index is 0.215. The van der Waals surface area contributed by atoms with Crippen LogP contribution in [0.1, 0.15) is 105 Å². The van der Waals surface area contributed by atoms with Gasteiger partial charge in [0.05, 0.1) is 18.8 Å². The summed E-state index contributed by atoms with van der Waals surface area (Å²) in [5, 5.41) is 11.5. The van der Waals surface area contributed by atoms with Crippen LogP contribution in [0.15, 0.2) is 78.9 Å². The number of carboxylic acids is 1. The molecule has 0 fully saturated rings. The van der Waals surface area contributed by atoms with E-state index in [9.17, 15) is 14.7 Å². The normalized spacial score (nSPS) is 11.2. The summed E-state index contributed by atoms with van der Waals surface area (Å²) >= 11 is 0. The summed E-state index contributed by atoms with van der Waals surface area (Å²) < 4.78 is 17.3. The van der Waals surface area contributed by atoms with Crippen molar-refractivity contribution in [2.75, 3.05) is 24.7 Å².